The van der Waals surface area contributed by atoms with Crippen LogP contribution in [-0.2, 0) is 24.3 Å². The zero-order valence-electron chi connectivity index (χ0n) is 13.6. The summed E-state index contributed by atoms with van der Waals surface area (Å²) in [6, 6.07) is 0. The lowest BCUT2D eigenvalue weighted by Crippen LogP contribution is -2.53. The molecule has 2 aliphatic rings. The van der Waals surface area contributed by atoms with Gasteiger partial charge in [-0.25, -0.2) is 8.42 Å². The number of carbonyl (C=O) groups is 2. The topological polar surface area (TPSA) is 84.0 Å². The molecule has 2 fully saturated rings. The molecule has 0 aromatic rings. The molecule has 1 aliphatic carbocycles. The summed E-state index contributed by atoms with van der Waals surface area (Å²) < 4.78 is 29.4. The summed E-state index contributed by atoms with van der Waals surface area (Å²) in [7, 11) is -3.22. The van der Waals surface area contributed by atoms with E-state index in [4.69, 9.17) is 4.74 Å². The summed E-state index contributed by atoms with van der Waals surface area (Å²) in [5.41, 5.74) is 0. The van der Waals surface area contributed by atoms with Crippen LogP contribution in [-0.4, -0.2) is 68.5 Å². The molecule has 2 rings (SSSR count). The van der Waals surface area contributed by atoms with Crippen LogP contribution in [0.15, 0.2) is 0 Å². The molecule has 1 heterocycles. The molecule has 0 N–H and O–H groups in total. The average molecular weight is 346 g/mol. The third-order valence-electron chi connectivity index (χ3n) is 4.79. The van der Waals surface area contributed by atoms with E-state index in [1.54, 1.807) is 4.90 Å². The highest BCUT2D eigenvalue weighted by atomic mass is 32.2. The van der Waals surface area contributed by atoms with Gasteiger partial charge in [-0.2, -0.15) is 4.31 Å². The Morgan fingerprint density at radius 1 is 1.17 bits per heavy atom. The highest BCUT2D eigenvalue weighted by Gasteiger charge is 2.32. The van der Waals surface area contributed by atoms with Crippen molar-refractivity contribution in [3.63, 3.8) is 0 Å². The highest BCUT2D eigenvalue weighted by Crippen LogP contribution is 2.28. The van der Waals surface area contributed by atoms with E-state index in [9.17, 15) is 18.0 Å². The lowest BCUT2D eigenvalue weighted by Gasteiger charge is -2.35. The van der Waals surface area contributed by atoms with Crippen molar-refractivity contribution < 1.29 is 22.7 Å². The summed E-state index contributed by atoms with van der Waals surface area (Å²) in [5, 5.41) is 0. The van der Waals surface area contributed by atoms with Crippen LogP contribution in [0.1, 0.15) is 38.5 Å². The van der Waals surface area contributed by atoms with E-state index in [-0.39, 0.29) is 5.91 Å². The van der Waals surface area contributed by atoms with Crippen LogP contribution in [0, 0.1) is 5.92 Å². The van der Waals surface area contributed by atoms with Crippen molar-refractivity contribution in [2.75, 3.05) is 32.4 Å². The number of ether oxygens (including phenoxy) is 1. The van der Waals surface area contributed by atoms with Crippen LogP contribution >= 0.6 is 0 Å². The molecule has 0 unspecified atom stereocenters. The quantitative estimate of drug-likeness (QED) is 0.658. The van der Waals surface area contributed by atoms with Crippen molar-refractivity contribution in [1.82, 2.24) is 9.21 Å². The number of piperazine rings is 1. The fraction of sp³-hybridized carbons (Fsp3) is 0.867. The summed E-state index contributed by atoms with van der Waals surface area (Å²) in [5.74, 6) is 0.228. The molecule has 1 aliphatic heterocycles. The van der Waals surface area contributed by atoms with Crippen molar-refractivity contribution in [3.05, 3.63) is 0 Å². The predicted octanol–water partition coefficient (Wildman–Crippen LogP) is 0.602. The molecule has 0 radical (unpaired) electrons. The number of sulfonamides is 1. The minimum atomic E-state index is -3.22. The van der Waals surface area contributed by atoms with Gasteiger partial charge in [0.1, 0.15) is 0 Å². The first-order valence-corrected chi connectivity index (χ1v) is 10.1. The van der Waals surface area contributed by atoms with Gasteiger partial charge in [0.15, 0.2) is 6.10 Å². The number of rotatable bonds is 6. The molecule has 132 valence electrons. The lowest BCUT2D eigenvalue weighted by atomic mass is 9.85. The standard InChI is InChI=1S/C15H26N2O5S/c1-23(20,21)17-9-7-16(8-10-17)15(19)14(22-12-18)11-13-5-3-2-4-6-13/h12-14H,2-11H2,1H3/t14-/m0/s1. The smallest absolute Gasteiger partial charge is 0.293 e. The fourth-order valence-electron chi connectivity index (χ4n) is 3.45. The average Bonchev–Trinajstić information content (AvgIpc) is 2.54. The lowest BCUT2D eigenvalue weighted by molar-refractivity contribution is -0.153. The number of hydrogen-bond donors (Lipinski definition) is 0. The first-order valence-electron chi connectivity index (χ1n) is 8.25. The van der Waals surface area contributed by atoms with Crippen molar-refractivity contribution in [3.8, 4) is 0 Å². The molecule has 0 aromatic heterocycles. The van der Waals surface area contributed by atoms with Crippen molar-refractivity contribution in [2.45, 2.75) is 44.6 Å². The van der Waals surface area contributed by atoms with Gasteiger partial charge in [0.05, 0.1) is 6.26 Å². The van der Waals surface area contributed by atoms with E-state index < -0.39 is 16.1 Å². The first kappa shape index (κ1) is 18.2. The summed E-state index contributed by atoms with van der Waals surface area (Å²) in [4.78, 5) is 24.9. The van der Waals surface area contributed by atoms with Gasteiger partial charge in [0.2, 0.25) is 10.0 Å². The Kier molecular flexibility index (Phi) is 6.41. The van der Waals surface area contributed by atoms with E-state index in [1.165, 1.54) is 29.8 Å². The molecule has 1 saturated carbocycles. The largest absolute Gasteiger partial charge is 0.454 e. The maximum atomic E-state index is 12.6. The van der Waals surface area contributed by atoms with E-state index in [2.05, 4.69) is 0 Å². The van der Waals surface area contributed by atoms with Gasteiger partial charge < -0.3 is 9.64 Å². The van der Waals surface area contributed by atoms with Crippen LogP contribution in [0.4, 0.5) is 0 Å². The van der Waals surface area contributed by atoms with Gasteiger partial charge in [-0.3, -0.25) is 9.59 Å². The molecule has 0 aromatic carbocycles. The predicted molar refractivity (Wildman–Crippen MR) is 85.1 cm³/mol. The summed E-state index contributed by atoms with van der Waals surface area (Å²) >= 11 is 0. The minimum absolute atomic E-state index is 0.198. The van der Waals surface area contributed by atoms with Crippen LogP contribution in [0.25, 0.3) is 0 Å². The van der Waals surface area contributed by atoms with Gasteiger partial charge in [-0.05, 0) is 12.3 Å². The Morgan fingerprint density at radius 2 is 1.78 bits per heavy atom. The Balaban J connectivity index is 1.91. The van der Waals surface area contributed by atoms with E-state index in [1.807, 2.05) is 0 Å². The van der Waals surface area contributed by atoms with Crippen LogP contribution in [0.5, 0.6) is 0 Å². The zero-order valence-corrected chi connectivity index (χ0v) is 14.5. The second kappa shape index (κ2) is 8.10. The first-order chi connectivity index (χ1) is 10.9. The maximum Gasteiger partial charge on any atom is 0.293 e. The van der Waals surface area contributed by atoms with E-state index in [0.717, 1.165) is 12.8 Å². The van der Waals surface area contributed by atoms with Crippen molar-refractivity contribution >= 4 is 22.4 Å². The Labute approximate surface area is 138 Å². The molecule has 1 amide bonds. The zero-order chi connectivity index (χ0) is 16.9. The molecule has 7 nitrogen and oxygen atoms in total. The second-order valence-electron chi connectivity index (χ2n) is 6.45. The Bertz CT molecular complexity index is 508. The Hall–Kier alpha value is -1.15. The van der Waals surface area contributed by atoms with Gasteiger partial charge in [-0.15, -0.1) is 0 Å². The second-order valence-corrected chi connectivity index (χ2v) is 8.43. The normalized spacial score (nSPS) is 22.6. The van der Waals surface area contributed by atoms with Gasteiger partial charge >= 0.3 is 0 Å². The molecule has 8 heteroatoms. The number of hydrogen-bond acceptors (Lipinski definition) is 5. The SMILES string of the molecule is CS(=O)(=O)N1CCN(C(=O)[C@H](CC2CCCCC2)OC=O)CC1. The minimum Gasteiger partial charge on any atom is -0.454 e. The summed E-state index contributed by atoms with van der Waals surface area (Å²) in [6.07, 6.45) is 6.73. The molecule has 23 heavy (non-hydrogen) atoms. The number of nitrogens with zero attached hydrogens (tertiary/aromatic N) is 2. The third-order valence-corrected chi connectivity index (χ3v) is 6.09. The van der Waals surface area contributed by atoms with E-state index >= 15 is 0 Å². The molecule has 1 atom stereocenters. The molecule has 0 spiro atoms. The van der Waals surface area contributed by atoms with Crippen molar-refractivity contribution in [2.24, 2.45) is 5.92 Å². The molecule has 1 saturated heterocycles. The Morgan fingerprint density at radius 3 is 2.30 bits per heavy atom. The maximum absolute atomic E-state index is 12.6. The number of amides is 1. The van der Waals surface area contributed by atoms with Gasteiger partial charge in [0.25, 0.3) is 12.4 Å². The van der Waals surface area contributed by atoms with Crippen LogP contribution < -0.4 is 0 Å². The highest BCUT2D eigenvalue weighted by molar-refractivity contribution is 7.88. The molecule has 0 bridgehead atoms. The molecular weight excluding hydrogens is 320 g/mol. The van der Waals surface area contributed by atoms with Crippen LogP contribution in [0.2, 0.25) is 0 Å². The van der Waals surface area contributed by atoms with Gasteiger partial charge in [-0.1, -0.05) is 32.1 Å². The molecular formula is C15H26N2O5S. The summed E-state index contributed by atoms with van der Waals surface area (Å²) in [6.45, 7) is 1.62. The van der Waals surface area contributed by atoms with E-state index in [0.29, 0.717) is 45.0 Å². The monoisotopic (exact) mass is 346 g/mol. The van der Waals surface area contributed by atoms with Crippen molar-refractivity contribution in [1.29, 1.82) is 0 Å². The van der Waals surface area contributed by atoms with Gasteiger partial charge in [0, 0.05) is 26.2 Å². The van der Waals surface area contributed by atoms with Crippen LogP contribution in [0.3, 0.4) is 0 Å². The number of carbonyl (C=O) groups excluding carboxylic acids is 2. The third kappa shape index (κ3) is 5.17. The fourth-order valence-corrected chi connectivity index (χ4v) is 4.28.